The van der Waals surface area contributed by atoms with Crippen LogP contribution < -0.4 is 10.6 Å². The first-order valence-corrected chi connectivity index (χ1v) is 9.84. The zero-order valence-corrected chi connectivity index (χ0v) is 16.7. The van der Waals surface area contributed by atoms with Gasteiger partial charge in [-0.15, -0.1) is 0 Å². The first kappa shape index (κ1) is 23.5. The molecule has 1 rings (SSSR count). The second kappa shape index (κ2) is 12.7. The molecule has 9 heteroatoms. The van der Waals surface area contributed by atoms with Crippen molar-refractivity contribution in [3.8, 4) is 0 Å². The number of aliphatic hydroxyl groups excluding tert-OH is 1. The molecule has 154 valence electrons. The maximum absolute atomic E-state index is 12.1. The van der Waals surface area contributed by atoms with E-state index in [2.05, 4.69) is 23.3 Å². The van der Waals surface area contributed by atoms with Crippen molar-refractivity contribution in [1.29, 1.82) is 0 Å². The summed E-state index contributed by atoms with van der Waals surface area (Å²) in [4.78, 5) is 45.9. The highest BCUT2D eigenvalue weighted by Crippen LogP contribution is 2.13. The van der Waals surface area contributed by atoms with Gasteiger partial charge in [0.25, 0.3) is 0 Å². The first-order chi connectivity index (χ1) is 12.8. The Labute approximate surface area is 165 Å². The van der Waals surface area contributed by atoms with Gasteiger partial charge in [0.2, 0.25) is 11.8 Å². The molecule has 3 atom stereocenters. The van der Waals surface area contributed by atoms with Gasteiger partial charge < -0.3 is 15.7 Å². The highest BCUT2D eigenvalue weighted by atomic mass is 32.1. The molecule has 0 aromatic rings. The Bertz CT molecular complexity index is 526. The van der Waals surface area contributed by atoms with Crippen molar-refractivity contribution in [2.24, 2.45) is 5.92 Å². The molecule has 0 unspecified atom stereocenters. The molecular formula is C18H30N2O6S. The van der Waals surface area contributed by atoms with Gasteiger partial charge in [0, 0.05) is 13.0 Å². The van der Waals surface area contributed by atoms with Gasteiger partial charge in [-0.25, -0.2) is 4.79 Å². The molecule has 0 aliphatic carbocycles. The Morgan fingerprint density at radius 3 is 2.67 bits per heavy atom. The smallest absolute Gasteiger partial charge is 0.345 e. The second-order valence-electron chi connectivity index (χ2n) is 6.80. The molecule has 0 radical (unpaired) electrons. The van der Waals surface area contributed by atoms with Crippen molar-refractivity contribution < 1.29 is 29.3 Å². The lowest BCUT2D eigenvalue weighted by Gasteiger charge is -2.27. The lowest BCUT2D eigenvalue weighted by atomic mass is 9.96. The Hall–Kier alpha value is -1.58. The van der Waals surface area contributed by atoms with Crippen molar-refractivity contribution in [3.63, 3.8) is 0 Å². The first-order valence-electron chi connectivity index (χ1n) is 9.21. The van der Waals surface area contributed by atoms with E-state index >= 15 is 0 Å². The normalized spacial score (nSPS) is 26.9. The summed E-state index contributed by atoms with van der Waals surface area (Å²) < 4.78 is 0. The molecule has 3 N–H and O–H groups in total. The molecule has 1 aliphatic rings. The minimum atomic E-state index is -1.10. The third kappa shape index (κ3) is 9.78. The van der Waals surface area contributed by atoms with Gasteiger partial charge >= 0.3 is 5.97 Å². The molecule has 0 aromatic carbocycles. The number of rotatable bonds is 4. The van der Waals surface area contributed by atoms with Crippen molar-refractivity contribution in [1.82, 2.24) is 10.6 Å². The maximum atomic E-state index is 12.1. The Kier molecular flexibility index (Phi) is 11.1. The molecule has 27 heavy (non-hydrogen) atoms. The number of hydrogen-bond donors (Lipinski definition) is 4. The number of hydrogen-bond acceptors (Lipinski definition) is 7. The largest absolute Gasteiger partial charge is 0.390 e. The Morgan fingerprint density at radius 2 is 2.00 bits per heavy atom. The molecule has 0 aromatic heterocycles. The van der Waals surface area contributed by atoms with Crippen LogP contribution in [-0.2, 0) is 24.2 Å². The van der Waals surface area contributed by atoms with E-state index in [1.807, 2.05) is 13.8 Å². The number of aliphatic hydroxyl groups is 1. The molecule has 0 bridgehead atoms. The minimum absolute atomic E-state index is 0.0281. The number of carbonyl (C=O) groups excluding carboxylic acids is 3. The van der Waals surface area contributed by atoms with Crippen LogP contribution in [0.4, 0.5) is 0 Å². The number of nitrogens with one attached hydrogen (secondary N) is 2. The van der Waals surface area contributed by atoms with Crippen LogP contribution >= 0.6 is 12.6 Å². The van der Waals surface area contributed by atoms with E-state index < -0.39 is 24.2 Å². The van der Waals surface area contributed by atoms with Gasteiger partial charge in [0.15, 0.2) is 0 Å². The zero-order chi connectivity index (χ0) is 20.2. The fourth-order valence-electron chi connectivity index (χ4n) is 2.60. The highest BCUT2D eigenvalue weighted by Gasteiger charge is 2.28. The van der Waals surface area contributed by atoms with Crippen LogP contribution in [0.25, 0.3) is 0 Å². The Balaban J connectivity index is 2.83. The molecule has 8 nitrogen and oxygen atoms in total. The fourth-order valence-corrected chi connectivity index (χ4v) is 2.75. The molecule has 1 aliphatic heterocycles. The summed E-state index contributed by atoms with van der Waals surface area (Å²) in [5, 5.41) is 15.8. The van der Waals surface area contributed by atoms with Crippen molar-refractivity contribution in [3.05, 3.63) is 12.2 Å². The van der Waals surface area contributed by atoms with Crippen molar-refractivity contribution in [2.75, 3.05) is 12.3 Å². The van der Waals surface area contributed by atoms with E-state index in [0.717, 1.165) is 0 Å². The third-order valence-corrected chi connectivity index (χ3v) is 4.29. The summed E-state index contributed by atoms with van der Waals surface area (Å²) >= 11 is 4.10. The van der Waals surface area contributed by atoms with E-state index in [1.54, 1.807) is 12.2 Å². The lowest BCUT2D eigenvalue weighted by molar-refractivity contribution is -0.290. The summed E-state index contributed by atoms with van der Waals surface area (Å²) in [6, 6.07) is -0.587. The van der Waals surface area contributed by atoms with Crippen LogP contribution in [-0.4, -0.2) is 53.4 Å². The number of carbonyl (C=O) groups is 3. The maximum Gasteiger partial charge on any atom is 0.345 e. The van der Waals surface area contributed by atoms with Crippen LogP contribution in [0.2, 0.25) is 0 Å². The van der Waals surface area contributed by atoms with Gasteiger partial charge in [-0.05, 0) is 24.5 Å². The molecule has 2 amide bonds. The van der Waals surface area contributed by atoms with Crippen molar-refractivity contribution >= 4 is 30.4 Å². The monoisotopic (exact) mass is 402 g/mol. The van der Waals surface area contributed by atoms with Gasteiger partial charge in [-0.3, -0.25) is 14.5 Å². The van der Waals surface area contributed by atoms with Gasteiger partial charge in [0.1, 0.15) is 6.10 Å². The second-order valence-corrected chi connectivity index (χ2v) is 7.24. The quantitative estimate of drug-likeness (QED) is 0.316. The minimum Gasteiger partial charge on any atom is -0.390 e. The summed E-state index contributed by atoms with van der Waals surface area (Å²) in [5.41, 5.74) is 0. The van der Waals surface area contributed by atoms with Crippen LogP contribution in [0.15, 0.2) is 12.2 Å². The van der Waals surface area contributed by atoms with Crippen LogP contribution in [0.3, 0.4) is 0 Å². The number of amides is 2. The van der Waals surface area contributed by atoms with Gasteiger partial charge in [0.05, 0.1) is 25.0 Å². The van der Waals surface area contributed by atoms with E-state index in [-0.39, 0.29) is 37.0 Å². The summed E-state index contributed by atoms with van der Waals surface area (Å²) in [5.74, 6) is -0.731. The van der Waals surface area contributed by atoms with E-state index in [0.29, 0.717) is 25.1 Å². The molecule has 1 saturated heterocycles. The molecule has 1 heterocycles. The number of allylic oxidation sites excluding steroid dienone is 1. The van der Waals surface area contributed by atoms with Crippen molar-refractivity contribution in [2.45, 2.75) is 64.2 Å². The third-order valence-electron chi connectivity index (χ3n) is 4.04. The van der Waals surface area contributed by atoms with Gasteiger partial charge in [-0.1, -0.05) is 26.0 Å². The summed E-state index contributed by atoms with van der Waals surface area (Å²) in [7, 11) is 0. The van der Waals surface area contributed by atoms with Crippen LogP contribution in [0, 0.1) is 5.92 Å². The molecule has 0 spiro atoms. The van der Waals surface area contributed by atoms with E-state index in [9.17, 15) is 19.5 Å². The number of thiol groups is 1. The zero-order valence-electron chi connectivity index (χ0n) is 15.8. The average Bonchev–Trinajstić information content (AvgIpc) is 2.60. The van der Waals surface area contributed by atoms with E-state index in [4.69, 9.17) is 9.78 Å². The molecular weight excluding hydrogens is 372 g/mol. The molecule has 1 fully saturated rings. The SMILES string of the molecule is CC(C)[C@H]1NC(=O)CCCNC(=O)C[C@@H](C=CCCS)OOC(=O)C[C@@H]1O. The fraction of sp³-hybridized carbons (Fsp3) is 0.722. The standard InChI is InChI=1S/C18H30N2O6S/c1-12(2)18-14(21)11-17(24)26-25-13(6-3-4-9-27)10-16(23)19-8-5-7-15(22)20-18/h3,6,12-14,18,21,27H,4-5,7-11H2,1-2H3,(H,19,23)(H,20,22)/t13-,14+,18-/m1/s1. The summed E-state index contributed by atoms with van der Waals surface area (Å²) in [6.45, 7) is 4.02. The Morgan fingerprint density at radius 1 is 1.26 bits per heavy atom. The van der Waals surface area contributed by atoms with Crippen LogP contribution in [0.5, 0.6) is 0 Å². The molecule has 0 saturated carbocycles. The summed E-state index contributed by atoms with van der Waals surface area (Å²) in [6.07, 6.45) is 2.59. The topological polar surface area (TPSA) is 114 Å². The average molecular weight is 403 g/mol. The van der Waals surface area contributed by atoms with Crippen LogP contribution in [0.1, 0.15) is 46.0 Å². The lowest BCUT2D eigenvalue weighted by Crippen LogP contribution is -2.47. The van der Waals surface area contributed by atoms with E-state index in [1.165, 1.54) is 0 Å². The predicted octanol–water partition coefficient (Wildman–Crippen LogP) is 0.898. The highest BCUT2D eigenvalue weighted by molar-refractivity contribution is 7.80. The predicted molar refractivity (Wildman–Crippen MR) is 103 cm³/mol. The van der Waals surface area contributed by atoms with Gasteiger partial charge in [-0.2, -0.15) is 17.5 Å².